The van der Waals surface area contributed by atoms with Gasteiger partial charge in [0.25, 0.3) is 0 Å². The molecule has 0 radical (unpaired) electrons. The third-order valence-electron chi connectivity index (χ3n) is 5.77. The number of ether oxygens (including phenoxy) is 1. The molecule has 2 aromatic carbocycles. The topological polar surface area (TPSA) is 83.0 Å². The Morgan fingerprint density at radius 3 is 2.26 bits per heavy atom. The van der Waals surface area contributed by atoms with Crippen LogP contribution in [0.15, 0.2) is 42.5 Å². The number of hydrogen-bond acceptors (Lipinski definition) is 5. The lowest BCUT2D eigenvalue weighted by Crippen LogP contribution is -2.15. The number of nitrogens with two attached hydrogens (primary N) is 1. The summed E-state index contributed by atoms with van der Waals surface area (Å²) in [4.78, 5) is 22.7. The molecule has 0 saturated carbocycles. The van der Waals surface area contributed by atoms with Crippen LogP contribution in [0, 0.1) is 19.8 Å². The molecule has 0 unspecified atom stereocenters. The van der Waals surface area contributed by atoms with Gasteiger partial charge in [-0.2, -0.15) is 0 Å². The lowest BCUT2D eigenvalue weighted by Gasteiger charge is -2.13. The van der Waals surface area contributed by atoms with E-state index in [0.717, 1.165) is 35.2 Å². The fourth-order valence-corrected chi connectivity index (χ4v) is 3.99. The monoisotopic (exact) mass is 416 g/mol. The summed E-state index contributed by atoms with van der Waals surface area (Å²) < 4.78 is 7.48. The summed E-state index contributed by atoms with van der Waals surface area (Å²) in [5.41, 5.74) is 12.4. The Kier molecular flexibility index (Phi) is 5.63. The molecule has 2 N–H and O–H groups in total. The minimum Gasteiger partial charge on any atom is -0.462 e. The van der Waals surface area contributed by atoms with Crippen LogP contribution in [0.2, 0.25) is 0 Å². The van der Waals surface area contributed by atoms with E-state index >= 15 is 0 Å². The van der Waals surface area contributed by atoms with Gasteiger partial charge in [-0.25, -0.2) is 14.8 Å². The van der Waals surface area contributed by atoms with Crippen LogP contribution in [-0.4, -0.2) is 27.1 Å². The number of nitrogen functional groups attached to an aromatic ring is 1. The minimum absolute atomic E-state index is 0.276. The van der Waals surface area contributed by atoms with Crippen LogP contribution in [0.5, 0.6) is 0 Å². The Labute approximate surface area is 182 Å². The molecular weight excluding hydrogens is 388 g/mol. The normalized spacial score (nSPS) is 11.5. The highest BCUT2D eigenvalue weighted by Gasteiger charge is 2.26. The SMILES string of the molecule is CCC(CC)COC(=O)c1c(N)n(-c2cc(C)cc(C)c2)c2nc3ccccc3nc12. The number of nitrogens with zero attached hydrogens (tertiary/aromatic N) is 3. The first kappa shape index (κ1) is 20.8. The van der Waals surface area contributed by atoms with Gasteiger partial charge in [-0.3, -0.25) is 4.57 Å². The smallest absolute Gasteiger partial charge is 0.344 e. The van der Waals surface area contributed by atoms with Crippen molar-refractivity contribution in [1.29, 1.82) is 0 Å². The van der Waals surface area contributed by atoms with Gasteiger partial charge in [-0.05, 0) is 55.2 Å². The zero-order valence-electron chi connectivity index (χ0n) is 18.5. The van der Waals surface area contributed by atoms with E-state index in [0.29, 0.717) is 35.0 Å². The van der Waals surface area contributed by atoms with Crippen LogP contribution < -0.4 is 5.73 Å². The number of carbonyl (C=O) groups is 1. The summed E-state index contributed by atoms with van der Waals surface area (Å²) >= 11 is 0. The number of esters is 1. The maximum atomic E-state index is 13.1. The lowest BCUT2D eigenvalue weighted by atomic mass is 10.1. The minimum atomic E-state index is -0.456. The first-order chi connectivity index (χ1) is 14.9. The van der Waals surface area contributed by atoms with Crippen LogP contribution in [0.25, 0.3) is 27.9 Å². The molecule has 0 aliphatic carbocycles. The summed E-state index contributed by atoms with van der Waals surface area (Å²) in [6.45, 7) is 8.62. The highest BCUT2D eigenvalue weighted by atomic mass is 16.5. The maximum Gasteiger partial charge on any atom is 0.344 e. The van der Waals surface area contributed by atoms with E-state index in [1.807, 2.05) is 54.8 Å². The zero-order chi connectivity index (χ0) is 22.1. The quantitative estimate of drug-likeness (QED) is 0.428. The Morgan fingerprint density at radius 1 is 1.03 bits per heavy atom. The number of rotatable bonds is 6. The molecule has 160 valence electrons. The van der Waals surface area contributed by atoms with E-state index < -0.39 is 5.97 Å². The number of carbonyl (C=O) groups excluding carboxylic acids is 1. The lowest BCUT2D eigenvalue weighted by molar-refractivity contribution is 0.0436. The highest BCUT2D eigenvalue weighted by Crippen LogP contribution is 2.32. The van der Waals surface area contributed by atoms with Crippen molar-refractivity contribution in [3.8, 4) is 5.69 Å². The van der Waals surface area contributed by atoms with Crippen LogP contribution in [0.3, 0.4) is 0 Å². The number of aromatic nitrogens is 3. The van der Waals surface area contributed by atoms with Crippen molar-refractivity contribution in [3.63, 3.8) is 0 Å². The summed E-state index contributed by atoms with van der Waals surface area (Å²) in [6, 6.07) is 13.8. The average Bonchev–Trinajstić information content (AvgIpc) is 3.02. The molecule has 0 aliphatic rings. The van der Waals surface area contributed by atoms with Gasteiger partial charge >= 0.3 is 5.97 Å². The van der Waals surface area contributed by atoms with Crippen molar-refractivity contribution < 1.29 is 9.53 Å². The van der Waals surface area contributed by atoms with Crippen LogP contribution >= 0.6 is 0 Å². The van der Waals surface area contributed by atoms with Gasteiger partial charge in [0.1, 0.15) is 16.9 Å². The molecule has 0 aliphatic heterocycles. The summed E-state index contributed by atoms with van der Waals surface area (Å²) in [7, 11) is 0. The Hall–Kier alpha value is -3.41. The average molecular weight is 417 g/mol. The Morgan fingerprint density at radius 2 is 1.65 bits per heavy atom. The van der Waals surface area contributed by atoms with Gasteiger partial charge in [0.15, 0.2) is 5.65 Å². The number of anilines is 1. The fraction of sp³-hybridized carbons (Fsp3) is 0.320. The molecule has 0 amide bonds. The van der Waals surface area contributed by atoms with Crippen LogP contribution in [0.4, 0.5) is 5.82 Å². The molecule has 0 saturated heterocycles. The number of fused-ring (bicyclic) bond motifs is 2. The Balaban J connectivity index is 1.94. The number of hydrogen-bond donors (Lipinski definition) is 1. The molecule has 4 rings (SSSR count). The molecule has 0 spiro atoms. The van der Waals surface area contributed by atoms with Crippen molar-refractivity contribution in [2.75, 3.05) is 12.3 Å². The second kappa shape index (κ2) is 8.38. The van der Waals surface area contributed by atoms with Crippen molar-refractivity contribution in [1.82, 2.24) is 14.5 Å². The van der Waals surface area contributed by atoms with Crippen molar-refractivity contribution >= 4 is 34.0 Å². The van der Waals surface area contributed by atoms with E-state index in [4.69, 9.17) is 20.4 Å². The summed E-state index contributed by atoms with van der Waals surface area (Å²) in [5.74, 6) is 0.164. The molecule has 31 heavy (non-hydrogen) atoms. The highest BCUT2D eigenvalue weighted by molar-refractivity contribution is 6.09. The van der Waals surface area contributed by atoms with E-state index in [2.05, 4.69) is 19.9 Å². The van der Waals surface area contributed by atoms with Crippen molar-refractivity contribution in [3.05, 3.63) is 59.2 Å². The van der Waals surface area contributed by atoms with Crippen LogP contribution in [0.1, 0.15) is 48.2 Å². The zero-order valence-corrected chi connectivity index (χ0v) is 18.5. The fourth-order valence-electron chi connectivity index (χ4n) is 3.99. The third-order valence-corrected chi connectivity index (χ3v) is 5.77. The molecular formula is C25H28N4O2. The molecule has 6 nitrogen and oxygen atoms in total. The summed E-state index contributed by atoms with van der Waals surface area (Å²) in [5, 5.41) is 0. The standard InChI is InChI=1S/C25H28N4O2/c1-5-17(6-2)14-31-25(30)21-22-24(28-20-10-8-7-9-19(20)27-22)29(23(21)26)18-12-15(3)11-16(4)13-18/h7-13,17H,5-6,14,26H2,1-4H3. The largest absolute Gasteiger partial charge is 0.462 e. The number of para-hydroxylation sites is 2. The third kappa shape index (κ3) is 3.85. The van der Waals surface area contributed by atoms with E-state index in [1.54, 1.807) is 0 Å². The molecule has 2 heterocycles. The first-order valence-corrected chi connectivity index (χ1v) is 10.7. The molecule has 6 heteroatoms. The molecule has 0 fully saturated rings. The van der Waals surface area contributed by atoms with Gasteiger partial charge in [-0.1, -0.05) is 44.9 Å². The number of aryl methyl sites for hydroxylation is 2. The number of benzene rings is 2. The van der Waals surface area contributed by atoms with Gasteiger partial charge in [0.05, 0.1) is 17.6 Å². The second-order valence-corrected chi connectivity index (χ2v) is 8.11. The molecule has 0 atom stereocenters. The van der Waals surface area contributed by atoms with Crippen molar-refractivity contribution in [2.24, 2.45) is 5.92 Å². The molecule has 0 bridgehead atoms. The van der Waals surface area contributed by atoms with Gasteiger partial charge in [0, 0.05) is 5.69 Å². The second-order valence-electron chi connectivity index (χ2n) is 8.11. The van der Waals surface area contributed by atoms with E-state index in [1.165, 1.54) is 0 Å². The van der Waals surface area contributed by atoms with Gasteiger partial charge in [-0.15, -0.1) is 0 Å². The Bertz CT molecular complexity index is 1250. The first-order valence-electron chi connectivity index (χ1n) is 10.7. The predicted octanol–water partition coefficient (Wildman–Crippen LogP) is 5.37. The van der Waals surface area contributed by atoms with Gasteiger partial charge < -0.3 is 10.5 Å². The van der Waals surface area contributed by atoms with E-state index in [9.17, 15) is 4.79 Å². The van der Waals surface area contributed by atoms with Crippen LogP contribution in [-0.2, 0) is 4.74 Å². The van der Waals surface area contributed by atoms with Gasteiger partial charge in [0.2, 0.25) is 0 Å². The maximum absolute atomic E-state index is 13.1. The van der Waals surface area contributed by atoms with Crippen molar-refractivity contribution in [2.45, 2.75) is 40.5 Å². The summed E-state index contributed by atoms with van der Waals surface area (Å²) in [6.07, 6.45) is 1.90. The molecule has 4 aromatic rings. The van der Waals surface area contributed by atoms with E-state index in [-0.39, 0.29) is 5.56 Å². The predicted molar refractivity (Wildman–Crippen MR) is 125 cm³/mol. The molecule has 2 aromatic heterocycles.